The van der Waals surface area contributed by atoms with Crippen LogP contribution in [0.25, 0.3) is 0 Å². The summed E-state index contributed by atoms with van der Waals surface area (Å²) < 4.78 is 0. The van der Waals surface area contributed by atoms with E-state index in [4.69, 9.17) is 0 Å². The zero-order valence-corrected chi connectivity index (χ0v) is 21.0. The molecule has 174 valence electrons. The van der Waals surface area contributed by atoms with Crippen LogP contribution in [0.1, 0.15) is 137 Å². The molecule has 0 aromatic carbocycles. The van der Waals surface area contributed by atoms with E-state index in [1.54, 1.807) is 0 Å². The first-order valence-corrected chi connectivity index (χ1v) is 13.4. The Balaban J connectivity index is 1.82. The van der Waals surface area contributed by atoms with Crippen LogP contribution in [-0.4, -0.2) is 36.6 Å². The molecule has 0 saturated carbocycles. The molecule has 1 N–H and O–H groups in total. The van der Waals surface area contributed by atoms with Crippen molar-refractivity contribution in [1.29, 1.82) is 0 Å². The molecule has 0 bridgehead atoms. The Morgan fingerprint density at radius 2 is 1.14 bits per heavy atom. The number of nitrogens with one attached hydrogen (secondary N) is 1. The van der Waals surface area contributed by atoms with Gasteiger partial charge in [-0.15, -0.1) is 0 Å². The van der Waals surface area contributed by atoms with E-state index in [0.717, 1.165) is 5.92 Å². The molecule has 0 radical (unpaired) electrons. The second-order valence-corrected chi connectivity index (χ2v) is 10.5. The molecule has 2 heteroatoms. The number of likely N-dealkylation sites (tertiary alicyclic amines) is 1. The average molecular weight is 409 g/mol. The van der Waals surface area contributed by atoms with Gasteiger partial charge in [0.2, 0.25) is 0 Å². The first kappa shape index (κ1) is 27.0. The fourth-order valence-electron chi connectivity index (χ4n) is 4.95. The Morgan fingerprint density at radius 3 is 1.59 bits per heavy atom. The first-order valence-electron chi connectivity index (χ1n) is 13.4. The van der Waals surface area contributed by atoms with Crippen molar-refractivity contribution in [3.8, 4) is 0 Å². The molecule has 0 aromatic rings. The van der Waals surface area contributed by atoms with Gasteiger partial charge in [0.25, 0.3) is 0 Å². The predicted molar refractivity (Wildman–Crippen MR) is 132 cm³/mol. The van der Waals surface area contributed by atoms with Crippen molar-refractivity contribution in [1.82, 2.24) is 10.2 Å². The molecular formula is C27H56N2. The van der Waals surface area contributed by atoms with Crippen molar-refractivity contribution < 1.29 is 0 Å². The summed E-state index contributed by atoms with van der Waals surface area (Å²) in [6, 6.07) is 0.706. The molecule has 2 nitrogen and oxygen atoms in total. The van der Waals surface area contributed by atoms with Crippen LogP contribution in [-0.2, 0) is 0 Å². The third kappa shape index (κ3) is 11.8. The van der Waals surface area contributed by atoms with Gasteiger partial charge in [-0.05, 0) is 52.7 Å². The lowest BCUT2D eigenvalue weighted by Crippen LogP contribution is -2.59. The van der Waals surface area contributed by atoms with Gasteiger partial charge >= 0.3 is 0 Å². The minimum Gasteiger partial charge on any atom is -0.314 e. The summed E-state index contributed by atoms with van der Waals surface area (Å²) >= 11 is 0. The van der Waals surface area contributed by atoms with Gasteiger partial charge in [0.1, 0.15) is 0 Å². The summed E-state index contributed by atoms with van der Waals surface area (Å²) in [4.78, 5) is 2.53. The average Bonchev–Trinajstić information content (AvgIpc) is 2.70. The summed E-state index contributed by atoms with van der Waals surface area (Å²) in [6.45, 7) is 12.0. The van der Waals surface area contributed by atoms with Gasteiger partial charge in [0.15, 0.2) is 0 Å². The Labute approximate surface area is 185 Å². The van der Waals surface area contributed by atoms with Crippen LogP contribution >= 0.6 is 0 Å². The van der Waals surface area contributed by atoms with Crippen molar-refractivity contribution in [2.75, 3.05) is 20.1 Å². The fourth-order valence-corrected chi connectivity index (χ4v) is 4.95. The number of hydrogen-bond donors (Lipinski definition) is 1. The van der Waals surface area contributed by atoms with E-state index in [1.165, 1.54) is 122 Å². The van der Waals surface area contributed by atoms with E-state index in [-0.39, 0.29) is 0 Å². The lowest BCUT2D eigenvalue weighted by atomic mass is 9.77. The Kier molecular flexibility index (Phi) is 15.4. The third-order valence-electron chi connectivity index (χ3n) is 7.91. The van der Waals surface area contributed by atoms with Crippen molar-refractivity contribution in [3.63, 3.8) is 0 Å². The molecule has 29 heavy (non-hydrogen) atoms. The van der Waals surface area contributed by atoms with Crippen LogP contribution in [0.15, 0.2) is 0 Å². The molecule has 1 aliphatic rings. The molecule has 1 saturated heterocycles. The van der Waals surface area contributed by atoms with Gasteiger partial charge < -0.3 is 10.2 Å². The molecule has 1 fully saturated rings. The molecule has 0 aliphatic carbocycles. The van der Waals surface area contributed by atoms with Crippen LogP contribution in [0.5, 0.6) is 0 Å². The fraction of sp³-hybridized carbons (Fsp3) is 1.00. The van der Waals surface area contributed by atoms with Gasteiger partial charge in [-0.1, -0.05) is 110 Å². The number of hydrogen-bond acceptors (Lipinski definition) is 2. The van der Waals surface area contributed by atoms with Gasteiger partial charge in [-0.25, -0.2) is 0 Å². The highest BCUT2D eigenvalue weighted by Crippen LogP contribution is 2.31. The summed E-state index contributed by atoms with van der Waals surface area (Å²) in [7, 11) is 2.28. The quantitative estimate of drug-likeness (QED) is 0.231. The number of piperidine rings is 1. The number of rotatable bonds is 18. The van der Waals surface area contributed by atoms with E-state index < -0.39 is 0 Å². The van der Waals surface area contributed by atoms with Crippen LogP contribution in [0, 0.1) is 5.92 Å². The lowest BCUT2D eigenvalue weighted by Gasteiger charge is -2.49. The smallest absolute Gasteiger partial charge is 0.0190 e. The summed E-state index contributed by atoms with van der Waals surface area (Å²) in [5.41, 5.74) is 0.324. The third-order valence-corrected chi connectivity index (χ3v) is 7.91. The van der Waals surface area contributed by atoms with Gasteiger partial charge in [-0.2, -0.15) is 0 Å². The summed E-state index contributed by atoms with van der Waals surface area (Å²) in [5.74, 6) is 0.724. The SMILES string of the molecule is CCCCCCCCCCCCCCCCCCNC1CCN(C)C(C)(C)C1C. The largest absolute Gasteiger partial charge is 0.314 e. The number of unbranched alkanes of at least 4 members (excludes halogenated alkanes) is 15. The molecule has 1 rings (SSSR count). The molecule has 0 aromatic heterocycles. The molecule has 2 unspecified atom stereocenters. The van der Waals surface area contributed by atoms with Gasteiger partial charge in [-0.3, -0.25) is 0 Å². The van der Waals surface area contributed by atoms with E-state index in [0.29, 0.717) is 11.6 Å². The highest BCUT2D eigenvalue weighted by atomic mass is 15.2. The molecule has 0 spiro atoms. The molecule has 2 atom stereocenters. The van der Waals surface area contributed by atoms with Crippen LogP contribution < -0.4 is 5.32 Å². The van der Waals surface area contributed by atoms with E-state index >= 15 is 0 Å². The monoisotopic (exact) mass is 408 g/mol. The molecular weight excluding hydrogens is 352 g/mol. The Bertz CT molecular complexity index is 366. The van der Waals surface area contributed by atoms with E-state index in [9.17, 15) is 0 Å². The van der Waals surface area contributed by atoms with Crippen molar-refractivity contribution >= 4 is 0 Å². The van der Waals surface area contributed by atoms with Gasteiger partial charge in [0.05, 0.1) is 0 Å². The van der Waals surface area contributed by atoms with Gasteiger partial charge in [0, 0.05) is 11.6 Å². The minimum absolute atomic E-state index is 0.324. The maximum absolute atomic E-state index is 3.87. The number of nitrogens with zero attached hydrogens (tertiary/aromatic N) is 1. The van der Waals surface area contributed by atoms with Crippen LogP contribution in [0.4, 0.5) is 0 Å². The zero-order valence-electron chi connectivity index (χ0n) is 21.0. The standard InChI is InChI=1S/C27H56N2/c1-6-7-8-9-10-11-12-13-14-15-16-17-18-19-20-21-23-28-26-22-24-29(5)27(3,4)25(26)2/h25-26,28H,6-24H2,1-5H3. The molecule has 1 heterocycles. The molecule has 1 aliphatic heterocycles. The first-order chi connectivity index (χ1) is 14.0. The predicted octanol–water partition coefficient (Wildman–Crippen LogP) is 7.96. The normalized spacial score (nSPS) is 22.2. The molecule has 0 amide bonds. The highest BCUT2D eigenvalue weighted by molar-refractivity contribution is 4.96. The van der Waals surface area contributed by atoms with Crippen molar-refractivity contribution in [2.45, 2.75) is 148 Å². The van der Waals surface area contributed by atoms with E-state index in [2.05, 4.69) is 45.0 Å². The van der Waals surface area contributed by atoms with Crippen LogP contribution in [0.2, 0.25) is 0 Å². The van der Waals surface area contributed by atoms with E-state index in [1.807, 2.05) is 0 Å². The van der Waals surface area contributed by atoms with Crippen LogP contribution in [0.3, 0.4) is 0 Å². The maximum Gasteiger partial charge on any atom is 0.0190 e. The maximum atomic E-state index is 3.87. The summed E-state index contributed by atoms with van der Waals surface area (Å²) in [5, 5.41) is 3.87. The topological polar surface area (TPSA) is 15.3 Å². The Morgan fingerprint density at radius 1 is 0.724 bits per heavy atom. The minimum atomic E-state index is 0.324. The second kappa shape index (κ2) is 16.6. The summed E-state index contributed by atoms with van der Waals surface area (Å²) in [6.07, 6.45) is 24.5. The highest BCUT2D eigenvalue weighted by Gasteiger charge is 2.38. The lowest BCUT2D eigenvalue weighted by molar-refractivity contribution is 0.0297. The zero-order chi connectivity index (χ0) is 21.4. The van der Waals surface area contributed by atoms with Crippen molar-refractivity contribution in [3.05, 3.63) is 0 Å². The van der Waals surface area contributed by atoms with Crippen molar-refractivity contribution in [2.24, 2.45) is 5.92 Å². The Hall–Kier alpha value is -0.0800. The second-order valence-electron chi connectivity index (χ2n) is 10.5.